The van der Waals surface area contributed by atoms with Crippen LogP contribution in [0.25, 0.3) is 21.8 Å². The first-order valence-electron chi connectivity index (χ1n) is 10.1. The Morgan fingerprint density at radius 1 is 1.04 bits per heavy atom. The molecule has 140 valence electrons. The summed E-state index contributed by atoms with van der Waals surface area (Å²) in [7, 11) is 1.94. The van der Waals surface area contributed by atoms with Crippen LogP contribution in [0.15, 0.2) is 35.3 Å². The predicted octanol–water partition coefficient (Wildman–Crippen LogP) is 3.84. The summed E-state index contributed by atoms with van der Waals surface area (Å²) in [5, 5.41) is 1.82. The maximum absolute atomic E-state index is 13.4. The molecule has 1 aromatic carbocycles. The Morgan fingerprint density at radius 3 is 2.48 bits per heavy atom. The highest BCUT2D eigenvalue weighted by Gasteiger charge is 2.28. The normalized spacial score (nSPS) is 18.2. The molecule has 1 saturated carbocycles. The number of nitrogens with zero attached hydrogens (tertiary/aromatic N) is 3. The number of likely N-dealkylation sites (tertiary alicyclic amines) is 1. The van der Waals surface area contributed by atoms with Gasteiger partial charge in [0.25, 0.3) is 11.5 Å². The van der Waals surface area contributed by atoms with Gasteiger partial charge in [-0.2, -0.15) is 0 Å². The third kappa shape index (κ3) is 2.44. The van der Waals surface area contributed by atoms with E-state index in [1.807, 2.05) is 51.5 Å². The zero-order valence-electron chi connectivity index (χ0n) is 15.8. The van der Waals surface area contributed by atoms with Gasteiger partial charge in [-0.3, -0.25) is 9.59 Å². The van der Waals surface area contributed by atoms with Crippen molar-refractivity contribution in [1.82, 2.24) is 14.0 Å². The standard InChI is InChI=1S/C22H25N3O2/c1-23-18-11-5-4-10-16(18)19-17(21(26)24-12-6-7-13-24)14-25(22(27)20(19)23)15-8-2-3-9-15/h4-5,10-11,14-15H,2-3,6-9,12-13H2,1H3. The molecule has 0 unspecified atom stereocenters. The number of hydrogen-bond acceptors (Lipinski definition) is 2. The van der Waals surface area contributed by atoms with Crippen molar-refractivity contribution in [2.45, 2.75) is 44.6 Å². The molecular formula is C22H25N3O2. The van der Waals surface area contributed by atoms with E-state index in [2.05, 4.69) is 0 Å². The SMILES string of the molecule is Cn1c2ccccc2c2c(C(=O)N3CCCC3)cn(C3CCCC3)c(=O)c21. The lowest BCUT2D eigenvalue weighted by atomic mass is 10.1. The maximum Gasteiger partial charge on any atom is 0.275 e. The second-order valence-electron chi connectivity index (χ2n) is 7.99. The van der Waals surface area contributed by atoms with Gasteiger partial charge in [0.05, 0.1) is 5.56 Å². The molecule has 1 amide bonds. The number of pyridine rings is 1. The van der Waals surface area contributed by atoms with Gasteiger partial charge in [-0.15, -0.1) is 0 Å². The molecule has 27 heavy (non-hydrogen) atoms. The van der Waals surface area contributed by atoms with E-state index < -0.39 is 0 Å². The molecule has 2 fully saturated rings. The third-order valence-electron chi connectivity index (χ3n) is 6.42. The zero-order chi connectivity index (χ0) is 18.5. The summed E-state index contributed by atoms with van der Waals surface area (Å²) in [5.74, 6) is 0.0700. The Bertz CT molecular complexity index is 1100. The van der Waals surface area contributed by atoms with Crippen LogP contribution in [0.4, 0.5) is 0 Å². The van der Waals surface area contributed by atoms with Gasteiger partial charge >= 0.3 is 0 Å². The number of fused-ring (bicyclic) bond motifs is 3. The summed E-state index contributed by atoms with van der Waals surface area (Å²) in [5.41, 5.74) is 2.39. The van der Waals surface area contributed by atoms with E-state index in [0.29, 0.717) is 11.1 Å². The van der Waals surface area contributed by atoms with E-state index in [-0.39, 0.29) is 17.5 Å². The van der Waals surface area contributed by atoms with Crippen LogP contribution in [-0.2, 0) is 7.05 Å². The topological polar surface area (TPSA) is 47.2 Å². The Hall–Kier alpha value is -2.56. The predicted molar refractivity (Wildman–Crippen MR) is 107 cm³/mol. The number of hydrogen-bond donors (Lipinski definition) is 0. The summed E-state index contributed by atoms with van der Waals surface area (Å²) in [6.07, 6.45) is 8.34. The number of aryl methyl sites for hydroxylation is 1. The Labute approximate surface area is 158 Å². The minimum Gasteiger partial charge on any atom is -0.339 e. The van der Waals surface area contributed by atoms with Crippen LogP contribution in [0.2, 0.25) is 0 Å². The molecule has 0 spiro atoms. The van der Waals surface area contributed by atoms with Crippen LogP contribution in [-0.4, -0.2) is 33.0 Å². The van der Waals surface area contributed by atoms with Gasteiger partial charge in [0, 0.05) is 48.7 Å². The second-order valence-corrected chi connectivity index (χ2v) is 7.99. The first-order valence-corrected chi connectivity index (χ1v) is 10.1. The fourth-order valence-electron chi connectivity index (χ4n) is 5.01. The number of rotatable bonds is 2. The first kappa shape index (κ1) is 16.6. The fourth-order valence-corrected chi connectivity index (χ4v) is 5.01. The molecule has 0 N–H and O–H groups in total. The lowest BCUT2D eigenvalue weighted by molar-refractivity contribution is 0.0794. The van der Waals surface area contributed by atoms with Gasteiger partial charge < -0.3 is 14.0 Å². The minimum atomic E-state index is 0.0357. The van der Waals surface area contributed by atoms with Crippen molar-refractivity contribution < 1.29 is 4.79 Å². The van der Waals surface area contributed by atoms with E-state index in [1.165, 1.54) is 0 Å². The third-order valence-corrected chi connectivity index (χ3v) is 6.42. The highest BCUT2D eigenvalue weighted by Crippen LogP contribution is 2.33. The van der Waals surface area contributed by atoms with Crippen molar-refractivity contribution in [3.05, 3.63) is 46.4 Å². The van der Waals surface area contributed by atoms with Crippen molar-refractivity contribution in [2.24, 2.45) is 7.05 Å². The molecular weight excluding hydrogens is 338 g/mol. The van der Waals surface area contributed by atoms with Gasteiger partial charge in [-0.1, -0.05) is 31.0 Å². The Balaban J connectivity index is 1.85. The van der Waals surface area contributed by atoms with Crippen molar-refractivity contribution in [3.8, 4) is 0 Å². The number of amides is 1. The van der Waals surface area contributed by atoms with E-state index in [1.54, 1.807) is 0 Å². The molecule has 3 aromatic rings. The van der Waals surface area contributed by atoms with Crippen LogP contribution < -0.4 is 5.56 Å². The van der Waals surface area contributed by atoms with Crippen LogP contribution in [0.5, 0.6) is 0 Å². The quantitative estimate of drug-likeness (QED) is 0.694. The highest BCUT2D eigenvalue weighted by atomic mass is 16.2. The average Bonchev–Trinajstić information content (AvgIpc) is 3.44. The average molecular weight is 363 g/mol. The molecule has 1 aliphatic heterocycles. The summed E-state index contributed by atoms with van der Waals surface area (Å²) < 4.78 is 3.83. The van der Waals surface area contributed by atoms with Crippen LogP contribution in [0.1, 0.15) is 54.9 Å². The molecule has 5 nitrogen and oxygen atoms in total. The molecule has 3 heterocycles. The lowest BCUT2D eigenvalue weighted by Gasteiger charge is -2.20. The van der Waals surface area contributed by atoms with E-state index in [9.17, 15) is 9.59 Å². The van der Waals surface area contributed by atoms with Gasteiger partial charge in [0.15, 0.2) is 0 Å². The summed E-state index contributed by atoms with van der Waals surface area (Å²) in [4.78, 5) is 28.8. The molecule has 0 bridgehead atoms. The molecule has 5 heteroatoms. The zero-order valence-corrected chi connectivity index (χ0v) is 15.8. The van der Waals surface area contributed by atoms with E-state index >= 15 is 0 Å². The van der Waals surface area contributed by atoms with Crippen molar-refractivity contribution in [2.75, 3.05) is 13.1 Å². The monoisotopic (exact) mass is 363 g/mol. The van der Waals surface area contributed by atoms with Crippen molar-refractivity contribution in [3.63, 3.8) is 0 Å². The van der Waals surface area contributed by atoms with Gasteiger partial charge in [-0.05, 0) is 31.7 Å². The number of aromatic nitrogens is 2. The fraction of sp³-hybridized carbons (Fsp3) is 0.455. The maximum atomic E-state index is 13.4. The van der Waals surface area contributed by atoms with Gasteiger partial charge in [-0.25, -0.2) is 0 Å². The molecule has 1 saturated heterocycles. The highest BCUT2D eigenvalue weighted by molar-refractivity contribution is 6.17. The number of carbonyl (C=O) groups is 1. The first-order chi connectivity index (χ1) is 13.2. The van der Waals surface area contributed by atoms with Crippen LogP contribution in [0.3, 0.4) is 0 Å². The van der Waals surface area contributed by atoms with E-state index in [0.717, 1.165) is 67.9 Å². The van der Waals surface area contributed by atoms with Gasteiger partial charge in [0.1, 0.15) is 5.52 Å². The summed E-state index contributed by atoms with van der Waals surface area (Å²) in [6.45, 7) is 1.63. The molecule has 1 aliphatic carbocycles. The Kier molecular flexibility index (Phi) is 3.85. The largest absolute Gasteiger partial charge is 0.339 e. The molecule has 2 aromatic heterocycles. The number of para-hydroxylation sites is 1. The minimum absolute atomic E-state index is 0.0357. The van der Waals surface area contributed by atoms with Crippen molar-refractivity contribution in [1.29, 1.82) is 0 Å². The molecule has 0 atom stereocenters. The summed E-state index contributed by atoms with van der Waals surface area (Å²) in [6, 6.07) is 8.23. The van der Waals surface area contributed by atoms with Crippen LogP contribution in [0, 0.1) is 0 Å². The smallest absolute Gasteiger partial charge is 0.275 e. The number of carbonyl (C=O) groups excluding carboxylic acids is 1. The van der Waals surface area contributed by atoms with Crippen molar-refractivity contribution >= 4 is 27.7 Å². The molecule has 5 rings (SSSR count). The Morgan fingerprint density at radius 2 is 1.74 bits per heavy atom. The van der Waals surface area contributed by atoms with E-state index in [4.69, 9.17) is 0 Å². The van der Waals surface area contributed by atoms with Crippen LogP contribution >= 0.6 is 0 Å². The summed E-state index contributed by atoms with van der Waals surface area (Å²) >= 11 is 0. The second kappa shape index (κ2) is 6.25. The molecule has 0 radical (unpaired) electrons. The lowest BCUT2D eigenvalue weighted by Crippen LogP contribution is -2.31. The molecule has 2 aliphatic rings. The van der Waals surface area contributed by atoms with Gasteiger partial charge in [0.2, 0.25) is 0 Å². The number of benzene rings is 1.